The standard InChI is InChI=1S/C15H17N3O2/c19-11-12-6-7-17(9-12)15(20)13-8-16-18(10-13)14-4-2-1-3-5-14/h1-5,8,10,12,19H,6-7,9,11H2. The van der Waals surface area contributed by atoms with Crippen LogP contribution >= 0.6 is 0 Å². The number of aliphatic hydroxyl groups is 1. The van der Waals surface area contributed by atoms with E-state index < -0.39 is 0 Å². The van der Waals surface area contributed by atoms with Crippen LogP contribution in [0.1, 0.15) is 16.8 Å². The second kappa shape index (κ2) is 5.46. The number of aliphatic hydroxyl groups excluding tert-OH is 1. The SMILES string of the molecule is O=C(c1cnn(-c2ccccc2)c1)N1CCC(CO)C1. The Hall–Kier alpha value is -2.14. The average molecular weight is 271 g/mol. The Bertz CT molecular complexity index is 594. The molecule has 5 heteroatoms. The van der Waals surface area contributed by atoms with Crippen LogP contribution in [0, 0.1) is 5.92 Å². The Kier molecular flexibility index (Phi) is 3.52. The molecule has 0 aliphatic carbocycles. The average Bonchev–Trinajstić information content (AvgIpc) is 3.17. The highest BCUT2D eigenvalue weighted by Crippen LogP contribution is 2.18. The molecular formula is C15H17N3O2. The third kappa shape index (κ3) is 2.44. The Balaban J connectivity index is 1.76. The number of carbonyl (C=O) groups excluding carboxylic acids is 1. The van der Waals surface area contributed by atoms with Gasteiger partial charge < -0.3 is 10.0 Å². The van der Waals surface area contributed by atoms with Crippen LogP contribution in [0.15, 0.2) is 42.7 Å². The lowest BCUT2D eigenvalue weighted by molar-refractivity contribution is 0.0782. The summed E-state index contributed by atoms with van der Waals surface area (Å²) in [5, 5.41) is 13.4. The zero-order valence-corrected chi connectivity index (χ0v) is 11.1. The summed E-state index contributed by atoms with van der Waals surface area (Å²) in [6.07, 6.45) is 4.22. The molecule has 104 valence electrons. The molecule has 1 aliphatic heterocycles. The number of hydrogen-bond donors (Lipinski definition) is 1. The third-order valence-corrected chi connectivity index (χ3v) is 3.68. The van der Waals surface area contributed by atoms with Gasteiger partial charge in [0.05, 0.1) is 17.4 Å². The summed E-state index contributed by atoms with van der Waals surface area (Å²) in [6.45, 7) is 1.49. The molecule has 1 aromatic heterocycles. The first kappa shape index (κ1) is 12.9. The minimum atomic E-state index is -0.0110. The number of para-hydroxylation sites is 1. The summed E-state index contributed by atoms with van der Waals surface area (Å²) in [5.74, 6) is 0.200. The molecule has 1 amide bonds. The van der Waals surface area contributed by atoms with E-state index in [1.807, 2.05) is 30.3 Å². The van der Waals surface area contributed by atoms with Gasteiger partial charge in [0, 0.05) is 31.8 Å². The van der Waals surface area contributed by atoms with Crippen LogP contribution in [0.5, 0.6) is 0 Å². The van der Waals surface area contributed by atoms with E-state index in [-0.39, 0.29) is 18.4 Å². The Morgan fingerprint density at radius 2 is 2.15 bits per heavy atom. The van der Waals surface area contributed by atoms with E-state index in [2.05, 4.69) is 5.10 Å². The van der Waals surface area contributed by atoms with E-state index in [4.69, 9.17) is 5.11 Å². The minimum absolute atomic E-state index is 0.0110. The molecule has 0 bridgehead atoms. The predicted molar refractivity (Wildman–Crippen MR) is 74.7 cm³/mol. The zero-order chi connectivity index (χ0) is 13.9. The van der Waals surface area contributed by atoms with Gasteiger partial charge in [0.2, 0.25) is 0 Å². The van der Waals surface area contributed by atoms with E-state index in [0.717, 1.165) is 12.1 Å². The van der Waals surface area contributed by atoms with Crippen LogP contribution in [0.4, 0.5) is 0 Å². The van der Waals surface area contributed by atoms with Crippen molar-refractivity contribution < 1.29 is 9.90 Å². The van der Waals surface area contributed by atoms with E-state index >= 15 is 0 Å². The quantitative estimate of drug-likeness (QED) is 0.916. The number of amides is 1. The van der Waals surface area contributed by atoms with Crippen molar-refractivity contribution in [2.45, 2.75) is 6.42 Å². The van der Waals surface area contributed by atoms with Gasteiger partial charge >= 0.3 is 0 Å². The van der Waals surface area contributed by atoms with Crippen LogP contribution in [0.25, 0.3) is 5.69 Å². The summed E-state index contributed by atoms with van der Waals surface area (Å²) in [6, 6.07) is 9.70. The molecule has 20 heavy (non-hydrogen) atoms. The zero-order valence-electron chi connectivity index (χ0n) is 11.1. The molecule has 0 spiro atoms. The lowest BCUT2D eigenvalue weighted by Gasteiger charge is -2.14. The van der Waals surface area contributed by atoms with Crippen molar-refractivity contribution in [2.75, 3.05) is 19.7 Å². The Morgan fingerprint density at radius 1 is 1.35 bits per heavy atom. The summed E-state index contributed by atoms with van der Waals surface area (Å²) < 4.78 is 1.70. The second-order valence-corrected chi connectivity index (χ2v) is 5.10. The van der Waals surface area contributed by atoms with Gasteiger partial charge in [-0.3, -0.25) is 4.79 Å². The molecule has 1 aliphatic rings. The van der Waals surface area contributed by atoms with Crippen molar-refractivity contribution in [2.24, 2.45) is 5.92 Å². The first-order valence-corrected chi connectivity index (χ1v) is 6.78. The summed E-state index contributed by atoms with van der Waals surface area (Å²) in [5.41, 5.74) is 1.52. The van der Waals surface area contributed by atoms with Crippen LogP contribution in [0.3, 0.4) is 0 Å². The summed E-state index contributed by atoms with van der Waals surface area (Å²) >= 11 is 0. The first-order chi connectivity index (χ1) is 9.78. The van der Waals surface area contributed by atoms with Gasteiger partial charge in [0.15, 0.2) is 0 Å². The third-order valence-electron chi connectivity index (χ3n) is 3.68. The molecule has 1 unspecified atom stereocenters. The smallest absolute Gasteiger partial charge is 0.257 e. The van der Waals surface area contributed by atoms with Gasteiger partial charge in [0.25, 0.3) is 5.91 Å². The molecular weight excluding hydrogens is 254 g/mol. The number of nitrogens with zero attached hydrogens (tertiary/aromatic N) is 3. The molecule has 3 rings (SSSR count). The van der Waals surface area contributed by atoms with Crippen LogP contribution in [-0.4, -0.2) is 45.4 Å². The topological polar surface area (TPSA) is 58.4 Å². The molecule has 2 aromatic rings. The molecule has 0 radical (unpaired) electrons. The number of aromatic nitrogens is 2. The molecule has 1 saturated heterocycles. The fraction of sp³-hybridized carbons (Fsp3) is 0.333. The highest BCUT2D eigenvalue weighted by Gasteiger charge is 2.27. The largest absolute Gasteiger partial charge is 0.396 e. The molecule has 0 saturated carbocycles. The molecule has 5 nitrogen and oxygen atoms in total. The maximum Gasteiger partial charge on any atom is 0.257 e. The molecule has 1 fully saturated rings. The normalized spacial score (nSPS) is 18.4. The number of hydrogen-bond acceptors (Lipinski definition) is 3. The maximum atomic E-state index is 12.3. The summed E-state index contributed by atoms with van der Waals surface area (Å²) in [7, 11) is 0. The predicted octanol–water partition coefficient (Wildman–Crippen LogP) is 1.33. The van der Waals surface area contributed by atoms with Gasteiger partial charge in [-0.25, -0.2) is 4.68 Å². The van der Waals surface area contributed by atoms with Crippen molar-refractivity contribution in [3.8, 4) is 5.69 Å². The molecule has 1 aromatic carbocycles. The van der Waals surface area contributed by atoms with Crippen molar-refractivity contribution in [1.82, 2.24) is 14.7 Å². The van der Waals surface area contributed by atoms with Gasteiger partial charge in [0.1, 0.15) is 0 Å². The molecule has 1 N–H and O–H groups in total. The van der Waals surface area contributed by atoms with Gasteiger partial charge in [-0.15, -0.1) is 0 Å². The second-order valence-electron chi connectivity index (χ2n) is 5.10. The lowest BCUT2D eigenvalue weighted by atomic mass is 10.1. The van der Waals surface area contributed by atoms with Crippen molar-refractivity contribution in [3.05, 3.63) is 48.3 Å². The van der Waals surface area contributed by atoms with Crippen LogP contribution in [-0.2, 0) is 0 Å². The number of carbonyl (C=O) groups is 1. The van der Waals surface area contributed by atoms with Gasteiger partial charge in [-0.05, 0) is 18.6 Å². The van der Waals surface area contributed by atoms with E-state index in [9.17, 15) is 4.79 Å². The van der Waals surface area contributed by atoms with Crippen molar-refractivity contribution >= 4 is 5.91 Å². The van der Waals surface area contributed by atoms with E-state index in [1.165, 1.54) is 0 Å². The van der Waals surface area contributed by atoms with E-state index in [0.29, 0.717) is 18.7 Å². The van der Waals surface area contributed by atoms with Gasteiger partial charge in [-0.2, -0.15) is 5.10 Å². The lowest BCUT2D eigenvalue weighted by Crippen LogP contribution is -2.28. The molecule has 2 heterocycles. The van der Waals surface area contributed by atoms with Crippen LogP contribution < -0.4 is 0 Å². The van der Waals surface area contributed by atoms with Crippen LogP contribution in [0.2, 0.25) is 0 Å². The molecule has 1 atom stereocenters. The van der Waals surface area contributed by atoms with Crippen molar-refractivity contribution in [3.63, 3.8) is 0 Å². The number of likely N-dealkylation sites (tertiary alicyclic amines) is 1. The van der Waals surface area contributed by atoms with E-state index in [1.54, 1.807) is 22.0 Å². The van der Waals surface area contributed by atoms with Crippen molar-refractivity contribution in [1.29, 1.82) is 0 Å². The summed E-state index contributed by atoms with van der Waals surface area (Å²) in [4.78, 5) is 14.1. The first-order valence-electron chi connectivity index (χ1n) is 6.78. The fourth-order valence-electron chi connectivity index (χ4n) is 2.50. The Morgan fingerprint density at radius 3 is 2.85 bits per heavy atom. The highest BCUT2D eigenvalue weighted by molar-refractivity contribution is 5.94. The monoisotopic (exact) mass is 271 g/mol. The Labute approximate surface area is 117 Å². The number of rotatable bonds is 3. The van der Waals surface area contributed by atoms with Gasteiger partial charge in [-0.1, -0.05) is 18.2 Å². The maximum absolute atomic E-state index is 12.3. The minimum Gasteiger partial charge on any atom is -0.396 e. The fourth-order valence-corrected chi connectivity index (χ4v) is 2.50. The highest BCUT2D eigenvalue weighted by atomic mass is 16.3. The number of benzene rings is 1.